The Morgan fingerprint density at radius 2 is 2.09 bits per heavy atom. The highest BCUT2D eigenvalue weighted by Gasteiger charge is 2.33. The quantitative estimate of drug-likeness (QED) is 0.623. The number of hydrogen-bond donors (Lipinski definition) is 0. The lowest BCUT2D eigenvalue weighted by Gasteiger charge is -2.27. The van der Waals surface area contributed by atoms with Gasteiger partial charge in [0, 0.05) is 0 Å². The van der Waals surface area contributed by atoms with Gasteiger partial charge in [-0.05, 0) is 19.3 Å². The smallest absolute Gasteiger partial charge is 0.302 e. The summed E-state index contributed by atoms with van der Waals surface area (Å²) in [7, 11) is -3.79. The second-order valence-electron chi connectivity index (χ2n) is 3.27. The molecule has 1 aliphatic carbocycles. The molecule has 0 bridgehead atoms. The molecule has 0 spiro atoms. The molecule has 1 aliphatic rings. The van der Waals surface area contributed by atoms with Crippen LogP contribution in [-0.4, -0.2) is 11.8 Å². The van der Waals surface area contributed by atoms with Crippen molar-refractivity contribution in [3.8, 4) is 0 Å². The van der Waals surface area contributed by atoms with Gasteiger partial charge in [-0.1, -0.05) is 13.8 Å². The maximum absolute atomic E-state index is 13.0. The van der Waals surface area contributed by atoms with E-state index in [-0.39, 0.29) is 6.10 Å². The fourth-order valence-electron chi connectivity index (χ4n) is 0.801. The number of rotatable bonds is 3. The zero-order chi connectivity index (χ0) is 8.48. The lowest BCUT2D eigenvalue weighted by molar-refractivity contribution is 0.111. The Hall–Kier alpha value is 0.120. The lowest BCUT2D eigenvalue weighted by Crippen LogP contribution is -2.20. The third kappa shape index (κ3) is 2.28. The van der Waals surface area contributed by atoms with Crippen molar-refractivity contribution in [1.82, 2.24) is 0 Å². The van der Waals surface area contributed by atoms with E-state index >= 15 is 0 Å². The van der Waals surface area contributed by atoms with Crippen molar-refractivity contribution in [2.45, 2.75) is 44.9 Å². The van der Waals surface area contributed by atoms with Crippen LogP contribution >= 0.6 is 7.68 Å². The van der Waals surface area contributed by atoms with Crippen molar-refractivity contribution in [3.05, 3.63) is 0 Å². The van der Waals surface area contributed by atoms with Gasteiger partial charge in [0.25, 0.3) is 0 Å². The molecule has 1 saturated carbocycles. The molecule has 11 heavy (non-hydrogen) atoms. The van der Waals surface area contributed by atoms with Crippen molar-refractivity contribution in [1.29, 1.82) is 0 Å². The first-order valence-electron chi connectivity index (χ1n) is 4.00. The molecule has 0 N–H and O–H groups in total. The molecular weight excluding hydrogens is 166 g/mol. The molecule has 0 amide bonds. The van der Waals surface area contributed by atoms with E-state index < -0.39 is 13.3 Å². The molecule has 0 aliphatic heterocycles. The summed E-state index contributed by atoms with van der Waals surface area (Å²) in [4.78, 5) is 0. The van der Waals surface area contributed by atoms with Gasteiger partial charge in [0.2, 0.25) is 0 Å². The molecule has 1 fully saturated rings. The van der Waals surface area contributed by atoms with Crippen LogP contribution < -0.4 is 0 Å². The fourth-order valence-corrected chi connectivity index (χ4v) is 1.66. The third-order valence-corrected chi connectivity index (χ3v) is 3.78. The van der Waals surface area contributed by atoms with Crippen LogP contribution in [0.4, 0.5) is 4.20 Å². The Morgan fingerprint density at radius 1 is 1.55 bits per heavy atom. The predicted molar refractivity (Wildman–Crippen MR) is 42.6 cm³/mol. The van der Waals surface area contributed by atoms with E-state index in [0.717, 1.165) is 19.3 Å². The molecule has 0 aromatic heterocycles. The predicted octanol–water partition coefficient (Wildman–Crippen LogP) is 3.13. The van der Waals surface area contributed by atoms with Crippen LogP contribution in [-0.2, 0) is 9.09 Å². The molecular formula is C7H14FO2P. The topological polar surface area (TPSA) is 26.3 Å². The highest BCUT2D eigenvalue weighted by atomic mass is 31.2. The van der Waals surface area contributed by atoms with Gasteiger partial charge in [0.15, 0.2) is 0 Å². The summed E-state index contributed by atoms with van der Waals surface area (Å²) in [6, 6.07) is 0. The van der Waals surface area contributed by atoms with E-state index in [0.29, 0.717) is 0 Å². The SMILES string of the molecule is CC(C)P(=O)(F)OC1CCC1. The molecule has 0 aromatic carbocycles. The summed E-state index contributed by atoms with van der Waals surface area (Å²) in [6.45, 7) is 3.17. The molecule has 2 nitrogen and oxygen atoms in total. The molecule has 66 valence electrons. The highest BCUT2D eigenvalue weighted by Crippen LogP contribution is 2.56. The van der Waals surface area contributed by atoms with E-state index in [1.54, 1.807) is 13.8 Å². The van der Waals surface area contributed by atoms with Crippen molar-refractivity contribution < 1.29 is 13.3 Å². The molecule has 0 saturated heterocycles. The summed E-state index contributed by atoms with van der Waals surface area (Å²) in [5.74, 6) is 0. The van der Waals surface area contributed by atoms with Crippen LogP contribution in [0, 0.1) is 0 Å². The fraction of sp³-hybridized carbons (Fsp3) is 1.00. The lowest BCUT2D eigenvalue weighted by atomic mass is 9.97. The van der Waals surface area contributed by atoms with Crippen LogP contribution in [0.5, 0.6) is 0 Å². The standard InChI is InChI=1S/C7H14FO2P/c1-6(2)11(8,9)10-7-4-3-5-7/h6-7H,3-5H2,1-2H3. The molecule has 0 radical (unpaired) electrons. The summed E-state index contributed by atoms with van der Waals surface area (Å²) in [5.41, 5.74) is -0.497. The summed E-state index contributed by atoms with van der Waals surface area (Å²) < 4.78 is 28.9. The molecule has 4 heteroatoms. The van der Waals surface area contributed by atoms with Gasteiger partial charge in [-0.2, -0.15) is 4.20 Å². The Labute approximate surface area is 66.7 Å². The third-order valence-electron chi connectivity index (χ3n) is 1.96. The minimum atomic E-state index is -3.79. The second kappa shape index (κ2) is 3.24. The summed E-state index contributed by atoms with van der Waals surface area (Å²) in [6.07, 6.45) is 2.72. The van der Waals surface area contributed by atoms with Crippen LogP contribution in [0.15, 0.2) is 0 Å². The van der Waals surface area contributed by atoms with Crippen molar-refractivity contribution >= 4 is 7.68 Å². The van der Waals surface area contributed by atoms with Gasteiger partial charge in [-0.25, -0.2) is 0 Å². The van der Waals surface area contributed by atoms with Gasteiger partial charge >= 0.3 is 7.68 Å². The molecule has 1 unspecified atom stereocenters. The van der Waals surface area contributed by atoms with Crippen LogP contribution in [0.3, 0.4) is 0 Å². The first kappa shape index (κ1) is 9.21. The first-order chi connectivity index (χ1) is 5.02. The minimum absolute atomic E-state index is 0.0757. The van der Waals surface area contributed by atoms with Crippen LogP contribution in [0.2, 0.25) is 0 Å². The van der Waals surface area contributed by atoms with E-state index in [1.165, 1.54) is 0 Å². The zero-order valence-corrected chi connectivity index (χ0v) is 7.81. The van der Waals surface area contributed by atoms with Crippen molar-refractivity contribution in [2.75, 3.05) is 0 Å². The highest BCUT2D eigenvalue weighted by molar-refractivity contribution is 7.54. The van der Waals surface area contributed by atoms with E-state index in [2.05, 4.69) is 0 Å². The Bertz CT molecular complexity index is 177. The molecule has 0 aromatic rings. The first-order valence-corrected chi connectivity index (χ1v) is 5.58. The number of halogens is 1. The van der Waals surface area contributed by atoms with Crippen molar-refractivity contribution in [3.63, 3.8) is 0 Å². The van der Waals surface area contributed by atoms with Crippen LogP contribution in [0.25, 0.3) is 0 Å². The van der Waals surface area contributed by atoms with E-state index in [9.17, 15) is 8.76 Å². The average molecular weight is 180 g/mol. The summed E-state index contributed by atoms with van der Waals surface area (Å²) in [5, 5.41) is 0. The minimum Gasteiger partial charge on any atom is -0.302 e. The maximum atomic E-state index is 13.0. The largest absolute Gasteiger partial charge is 0.370 e. The molecule has 1 atom stereocenters. The van der Waals surface area contributed by atoms with Gasteiger partial charge < -0.3 is 4.52 Å². The van der Waals surface area contributed by atoms with Gasteiger partial charge in [-0.3, -0.25) is 4.57 Å². The number of hydrogen-bond acceptors (Lipinski definition) is 2. The van der Waals surface area contributed by atoms with Gasteiger partial charge in [-0.15, -0.1) is 0 Å². The van der Waals surface area contributed by atoms with Gasteiger partial charge in [0.1, 0.15) is 0 Å². The Balaban J connectivity index is 2.38. The molecule has 0 heterocycles. The normalized spacial score (nSPS) is 24.7. The monoisotopic (exact) mass is 180 g/mol. The second-order valence-corrected chi connectivity index (χ2v) is 5.56. The van der Waals surface area contributed by atoms with E-state index in [4.69, 9.17) is 4.52 Å². The van der Waals surface area contributed by atoms with Gasteiger partial charge in [0.05, 0.1) is 11.8 Å². The zero-order valence-electron chi connectivity index (χ0n) is 6.92. The van der Waals surface area contributed by atoms with Crippen LogP contribution in [0.1, 0.15) is 33.1 Å². The average Bonchev–Trinajstić information content (AvgIpc) is 1.79. The van der Waals surface area contributed by atoms with Crippen molar-refractivity contribution in [2.24, 2.45) is 0 Å². The summed E-state index contributed by atoms with van der Waals surface area (Å²) >= 11 is 0. The Kier molecular flexibility index (Phi) is 2.71. The Morgan fingerprint density at radius 3 is 2.36 bits per heavy atom. The molecule has 1 rings (SSSR count). The maximum Gasteiger partial charge on any atom is 0.370 e. The van der Waals surface area contributed by atoms with E-state index in [1.807, 2.05) is 0 Å².